The van der Waals surface area contributed by atoms with E-state index in [0.29, 0.717) is 11.3 Å². The summed E-state index contributed by atoms with van der Waals surface area (Å²) in [6.07, 6.45) is 4.17. The lowest BCUT2D eigenvalue weighted by molar-refractivity contribution is -0.111. The molecule has 5 nitrogen and oxygen atoms in total. The molecule has 1 aromatic heterocycles. The van der Waals surface area contributed by atoms with Gasteiger partial charge in [-0.3, -0.25) is 9.59 Å². The van der Waals surface area contributed by atoms with Crippen LogP contribution in [0.3, 0.4) is 0 Å². The van der Waals surface area contributed by atoms with Crippen molar-refractivity contribution >= 4 is 28.8 Å². The molecule has 0 aliphatic heterocycles. The number of thiazole rings is 1. The van der Waals surface area contributed by atoms with E-state index in [0.717, 1.165) is 30.0 Å². The molecule has 1 heterocycles. The lowest BCUT2D eigenvalue weighted by Crippen LogP contribution is -2.30. The van der Waals surface area contributed by atoms with Crippen molar-refractivity contribution in [2.45, 2.75) is 32.2 Å². The number of benzene rings is 1. The molecule has 0 bridgehead atoms. The third-order valence-electron chi connectivity index (χ3n) is 3.96. The first-order valence-electron chi connectivity index (χ1n) is 7.87. The molecule has 1 unspecified atom stereocenters. The van der Waals surface area contributed by atoms with Crippen molar-refractivity contribution in [2.75, 3.05) is 5.32 Å². The zero-order valence-electron chi connectivity index (χ0n) is 13.5. The highest BCUT2D eigenvalue weighted by Gasteiger charge is 2.25. The number of aromatic nitrogens is 1. The Kier molecular flexibility index (Phi) is 4.76. The normalized spacial score (nSPS) is 16.1. The van der Waals surface area contributed by atoms with E-state index in [-0.39, 0.29) is 17.9 Å². The molecule has 0 fully saturated rings. The van der Waals surface area contributed by atoms with Crippen molar-refractivity contribution in [1.29, 1.82) is 0 Å². The van der Waals surface area contributed by atoms with Gasteiger partial charge in [-0.05, 0) is 56.5 Å². The van der Waals surface area contributed by atoms with Gasteiger partial charge in [0.2, 0.25) is 5.91 Å². The van der Waals surface area contributed by atoms with Gasteiger partial charge in [-0.1, -0.05) is 6.58 Å². The lowest BCUT2D eigenvalue weighted by atomic mass is 9.97. The lowest BCUT2D eigenvalue weighted by Gasteiger charge is -2.22. The maximum absolute atomic E-state index is 12.5. The Hall–Kier alpha value is -2.47. The monoisotopic (exact) mass is 341 g/mol. The number of nitrogens with zero attached hydrogens (tertiary/aromatic N) is 1. The number of amides is 2. The fourth-order valence-corrected chi connectivity index (χ4v) is 3.88. The maximum atomic E-state index is 12.5. The zero-order chi connectivity index (χ0) is 17.1. The highest BCUT2D eigenvalue weighted by Crippen LogP contribution is 2.34. The van der Waals surface area contributed by atoms with Gasteiger partial charge in [0.25, 0.3) is 5.91 Å². The minimum atomic E-state index is -0.275. The smallest absolute Gasteiger partial charge is 0.251 e. The standard InChI is InChI=1S/C18H19N3O2S/c1-3-16(22)20-13-9-7-12(8-10-13)18(23)21-15-6-4-5-14-17(15)24-11(2)19-14/h3,7-10,15H,1,4-6H2,2H3,(H,20,22)(H,21,23). The molecular formula is C18H19N3O2S. The van der Waals surface area contributed by atoms with Gasteiger partial charge < -0.3 is 10.6 Å². The predicted octanol–water partition coefficient (Wildman–Crippen LogP) is 3.38. The Morgan fingerprint density at radius 3 is 2.79 bits per heavy atom. The Balaban J connectivity index is 1.69. The molecule has 0 saturated heterocycles. The fourth-order valence-electron chi connectivity index (χ4n) is 2.82. The molecule has 2 N–H and O–H groups in total. The van der Waals surface area contributed by atoms with Gasteiger partial charge in [0.1, 0.15) is 0 Å². The first-order chi connectivity index (χ1) is 11.6. The molecule has 6 heteroatoms. The molecule has 1 aromatic carbocycles. The molecule has 24 heavy (non-hydrogen) atoms. The molecule has 0 saturated carbocycles. The number of aryl methyl sites for hydroxylation is 2. The van der Waals surface area contributed by atoms with Gasteiger partial charge in [-0.2, -0.15) is 0 Å². The van der Waals surface area contributed by atoms with Crippen LogP contribution >= 0.6 is 11.3 Å². The summed E-state index contributed by atoms with van der Waals surface area (Å²) in [7, 11) is 0. The van der Waals surface area contributed by atoms with E-state index in [1.165, 1.54) is 11.0 Å². The highest BCUT2D eigenvalue weighted by molar-refractivity contribution is 7.11. The quantitative estimate of drug-likeness (QED) is 0.838. The van der Waals surface area contributed by atoms with Crippen molar-refractivity contribution < 1.29 is 9.59 Å². The number of fused-ring (bicyclic) bond motifs is 1. The number of anilines is 1. The summed E-state index contributed by atoms with van der Waals surface area (Å²) < 4.78 is 0. The van der Waals surface area contributed by atoms with Crippen molar-refractivity contribution in [3.05, 3.63) is 58.1 Å². The minimum Gasteiger partial charge on any atom is -0.344 e. The average molecular weight is 341 g/mol. The molecule has 1 aliphatic carbocycles. The van der Waals surface area contributed by atoms with Gasteiger partial charge in [-0.15, -0.1) is 11.3 Å². The first-order valence-corrected chi connectivity index (χ1v) is 8.69. The van der Waals surface area contributed by atoms with Crippen LogP contribution in [0.5, 0.6) is 0 Å². The van der Waals surface area contributed by atoms with Crippen molar-refractivity contribution in [3.8, 4) is 0 Å². The van der Waals surface area contributed by atoms with Crippen LogP contribution in [0.2, 0.25) is 0 Å². The second-order valence-corrected chi connectivity index (χ2v) is 6.97. The number of hydrogen-bond donors (Lipinski definition) is 2. The Bertz CT molecular complexity index is 780. The zero-order valence-corrected chi connectivity index (χ0v) is 14.3. The minimum absolute atomic E-state index is 0.0348. The van der Waals surface area contributed by atoms with E-state index >= 15 is 0 Å². The highest BCUT2D eigenvalue weighted by atomic mass is 32.1. The average Bonchev–Trinajstić information content (AvgIpc) is 2.96. The third kappa shape index (κ3) is 3.54. The molecule has 2 amide bonds. The summed E-state index contributed by atoms with van der Waals surface area (Å²) in [6, 6.07) is 6.86. The topological polar surface area (TPSA) is 71.1 Å². The van der Waals surface area contributed by atoms with E-state index in [9.17, 15) is 9.59 Å². The van der Waals surface area contributed by atoms with Gasteiger partial charge in [0.05, 0.1) is 21.6 Å². The molecule has 0 spiro atoms. The summed E-state index contributed by atoms with van der Waals surface area (Å²) in [5.41, 5.74) is 2.32. The van der Waals surface area contributed by atoms with E-state index in [1.807, 2.05) is 6.92 Å². The number of carbonyl (C=O) groups excluding carboxylic acids is 2. The van der Waals surface area contributed by atoms with E-state index in [2.05, 4.69) is 22.2 Å². The Morgan fingerprint density at radius 2 is 2.08 bits per heavy atom. The second kappa shape index (κ2) is 6.97. The number of carbonyl (C=O) groups is 2. The molecule has 3 rings (SSSR count). The van der Waals surface area contributed by atoms with Gasteiger partial charge in [0.15, 0.2) is 0 Å². The molecular weight excluding hydrogens is 322 g/mol. The summed E-state index contributed by atoms with van der Waals surface area (Å²) in [4.78, 5) is 29.5. The largest absolute Gasteiger partial charge is 0.344 e. The SMILES string of the molecule is C=CC(=O)Nc1ccc(C(=O)NC2CCCc3nc(C)sc32)cc1. The van der Waals surface area contributed by atoms with Crippen LogP contribution in [0.25, 0.3) is 0 Å². The van der Waals surface area contributed by atoms with Crippen LogP contribution in [-0.4, -0.2) is 16.8 Å². The molecule has 1 aliphatic rings. The van der Waals surface area contributed by atoms with Crippen LogP contribution in [0.15, 0.2) is 36.9 Å². The van der Waals surface area contributed by atoms with Crippen LogP contribution < -0.4 is 10.6 Å². The summed E-state index contributed by atoms with van der Waals surface area (Å²) in [5, 5.41) is 6.81. The molecule has 0 radical (unpaired) electrons. The summed E-state index contributed by atoms with van der Waals surface area (Å²) >= 11 is 1.66. The van der Waals surface area contributed by atoms with Crippen LogP contribution in [0.4, 0.5) is 5.69 Å². The maximum Gasteiger partial charge on any atom is 0.251 e. The molecule has 124 valence electrons. The summed E-state index contributed by atoms with van der Waals surface area (Å²) in [5.74, 6) is -0.386. The number of hydrogen-bond acceptors (Lipinski definition) is 4. The van der Waals surface area contributed by atoms with Gasteiger partial charge >= 0.3 is 0 Å². The van der Waals surface area contributed by atoms with Crippen LogP contribution in [-0.2, 0) is 11.2 Å². The second-order valence-electron chi connectivity index (χ2n) is 5.73. The van der Waals surface area contributed by atoms with E-state index < -0.39 is 0 Å². The van der Waals surface area contributed by atoms with Crippen molar-refractivity contribution in [1.82, 2.24) is 10.3 Å². The van der Waals surface area contributed by atoms with E-state index in [4.69, 9.17) is 0 Å². The van der Waals surface area contributed by atoms with Gasteiger partial charge in [0, 0.05) is 11.3 Å². The predicted molar refractivity (Wildman–Crippen MR) is 95.3 cm³/mol. The first kappa shape index (κ1) is 16.4. The fraction of sp³-hybridized carbons (Fsp3) is 0.278. The van der Waals surface area contributed by atoms with Gasteiger partial charge in [-0.25, -0.2) is 4.98 Å². The number of rotatable bonds is 4. The Labute approximate surface area is 144 Å². The Morgan fingerprint density at radius 1 is 1.33 bits per heavy atom. The summed E-state index contributed by atoms with van der Waals surface area (Å²) in [6.45, 7) is 5.41. The molecule has 2 aromatic rings. The van der Waals surface area contributed by atoms with E-state index in [1.54, 1.807) is 35.6 Å². The third-order valence-corrected chi connectivity index (χ3v) is 5.09. The van der Waals surface area contributed by atoms with Crippen LogP contribution in [0.1, 0.15) is 44.8 Å². The van der Waals surface area contributed by atoms with Crippen molar-refractivity contribution in [3.63, 3.8) is 0 Å². The molecule has 1 atom stereocenters. The van der Waals surface area contributed by atoms with Crippen molar-refractivity contribution in [2.24, 2.45) is 0 Å². The van der Waals surface area contributed by atoms with Crippen LogP contribution in [0, 0.1) is 6.92 Å². The number of nitrogens with one attached hydrogen (secondary N) is 2.